The van der Waals surface area contributed by atoms with Gasteiger partial charge in [-0.1, -0.05) is 42.5 Å². The van der Waals surface area contributed by atoms with Crippen LogP contribution in [0.2, 0.25) is 0 Å². The predicted molar refractivity (Wildman–Crippen MR) is 109 cm³/mol. The molecular formula is C21H26FN2O4S+. The Bertz CT molecular complexity index is 913. The van der Waals surface area contributed by atoms with Gasteiger partial charge in [-0.25, -0.2) is 12.8 Å². The summed E-state index contributed by atoms with van der Waals surface area (Å²) in [6.07, 6.45) is 0.837. The van der Waals surface area contributed by atoms with Crippen molar-refractivity contribution in [2.45, 2.75) is 6.10 Å². The van der Waals surface area contributed by atoms with Crippen molar-refractivity contribution in [3.05, 3.63) is 71.4 Å². The Hall–Kier alpha value is -2.26. The molecule has 2 aromatic carbocycles. The van der Waals surface area contributed by atoms with Crippen molar-refractivity contribution in [2.24, 2.45) is 0 Å². The number of hydrogen-bond acceptors (Lipinski definition) is 4. The number of para-hydroxylation sites is 1. The first-order valence-electron chi connectivity index (χ1n) is 9.56. The van der Waals surface area contributed by atoms with Gasteiger partial charge >= 0.3 is 0 Å². The van der Waals surface area contributed by atoms with E-state index in [0.29, 0.717) is 32.7 Å². The summed E-state index contributed by atoms with van der Waals surface area (Å²) in [5, 5.41) is 11.4. The molecule has 0 amide bonds. The number of hydrogen-bond donors (Lipinski definition) is 2. The first-order valence-corrected chi connectivity index (χ1v) is 11.1. The van der Waals surface area contributed by atoms with Crippen LogP contribution in [0.3, 0.4) is 0 Å². The molecule has 8 heteroatoms. The molecule has 0 saturated carbocycles. The molecule has 0 spiro atoms. The average molecular weight is 422 g/mol. The first-order chi connectivity index (χ1) is 13.9. The third kappa shape index (κ3) is 6.37. The second-order valence-corrected chi connectivity index (χ2v) is 8.83. The number of sulfonamides is 1. The molecular weight excluding hydrogens is 395 g/mol. The number of quaternary nitrogens is 1. The maximum atomic E-state index is 13.5. The highest BCUT2D eigenvalue weighted by Crippen LogP contribution is 2.15. The van der Waals surface area contributed by atoms with Crippen LogP contribution in [0.4, 0.5) is 4.39 Å². The van der Waals surface area contributed by atoms with Crippen molar-refractivity contribution in [1.82, 2.24) is 4.31 Å². The van der Waals surface area contributed by atoms with E-state index in [4.69, 9.17) is 4.74 Å². The summed E-state index contributed by atoms with van der Waals surface area (Å²) in [5.41, 5.74) is 0.832. The average Bonchev–Trinajstić information content (AvgIpc) is 2.73. The smallest absolute Gasteiger partial charge is 0.236 e. The quantitative estimate of drug-likeness (QED) is 0.661. The van der Waals surface area contributed by atoms with Crippen LogP contribution in [0, 0.1) is 5.82 Å². The van der Waals surface area contributed by atoms with E-state index >= 15 is 0 Å². The molecule has 0 aliphatic carbocycles. The number of rotatable bonds is 8. The maximum absolute atomic E-state index is 13.5. The van der Waals surface area contributed by atoms with Gasteiger partial charge in [-0.15, -0.1) is 0 Å². The molecule has 29 heavy (non-hydrogen) atoms. The fraction of sp³-hybridized carbons (Fsp3) is 0.333. The lowest BCUT2D eigenvalue weighted by molar-refractivity contribution is -0.906. The molecule has 0 unspecified atom stereocenters. The molecule has 1 aliphatic heterocycles. The van der Waals surface area contributed by atoms with E-state index in [2.05, 4.69) is 0 Å². The number of ether oxygens (including phenoxy) is 1. The molecule has 0 bridgehead atoms. The number of aliphatic hydroxyl groups excluding tert-OH is 1. The van der Waals surface area contributed by atoms with Gasteiger partial charge in [-0.3, -0.25) is 0 Å². The SMILES string of the molecule is O=S(=O)(/C=C/c1ccccc1)N1CC[NH+](C[C@@H](O)COc2ccccc2F)CC1. The fourth-order valence-electron chi connectivity index (χ4n) is 3.22. The van der Waals surface area contributed by atoms with E-state index in [9.17, 15) is 17.9 Å². The van der Waals surface area contributed by atoms with Gasteiger partial charge in [0.25, 0.3) is 0 Å². The van der Waals surface area contributed by atoms with E-state index in [1.807, 2.05) is 30.3 Å². The van der Waals surface area contributed by atoms with E-state index in [1.165, 1.54) is 21.8 Å². The molecule has 156 valence electrons. The lowest BCUT2D eigenvalue weighted by Gasteiger charge is -2.31. The van der Waals surface area contributed by atoms with E-state index < -0.39 is 21.9 Å². The zero-order valence-electron chi connectivity index (χ0n) is 16.1. The molecule has 6 nitrogen and oxygen atoms in total. The summed E-state index contributed by atoms with van der Waals surface area (Å²) in [6, 6.07) is 15.3. The van der Waals surface area contributed by atoms with Crippen molar-refractivity contribution >= 4 is 16.1 Å². The fourth-order valence-corrected chi connectivity index (χ4v) is 4.41. The summed E-state index contributed by atoms with van der Waals surface area (Å²) in [6.45, 7) is 2.37. The monoisotopic (exact) mass is 421 g/mol. The Balaban J connectivity index is 1.45. The standard InChI is InChI=1S/C21H25FN2O4S/c22-20-8-4-5-9-21(20)28-17-19(25)16-23-11-13-24(14-12-23)29(26,27)15-10-18-6-2-1-3-7-18/h1-10,15,19,25H,11-14,16-17H2/p+1/b15-10+/t19-/m1/s1. The largest absolute Gasteiger partial charge is 0.488 e. The minimum Gasteiger partial charge on any atom is -0.488 e. The minimum absolute atomic E-state index is 0.00768. The topological polar surface area (TPSA) is 71.3 Å². The molecule has 2 N–H and O–H groups in total. The Morgan fingerprint density at radius 3 is 2.45 bits per heavy atom. The number of nitrogens with zero attached hydrogens (tertiary/aromatic N) is 1. The van der Waals surface area contributed by atoms with Crippen molar-refractivity contribution in [3.8, 4) is 5.75 Å². The Labute approximate surface area is 170 Å². The highest BCUT2D eigenvalue weighted by Gasteiger charge is 2.28. The van der Waals surface area contributed by atoms with Gasteiger partial charge in [0.15, 0.2) is 11.6 Å². The summed E-state index contributed by atoms with van der Waals surface area (Å²) in [7, 11) is -3.47. The third-order valence-electron chi connectivity index (χ3n) is 4.81. The van der Waals surface area contributed by atoms with Gasteiger partial charge in [-0.05, 0) is 23.8 Å². The summed E-state index contributed by atoms with van der Waals surface area (Å²) in [4.78, 5) is 1.09. The van der Waals surface area contributed by atoms with Gasteiger partial charge in [-0.2, -0.15) is 4.31 Å². The van der Waals surface area contributed by atoms with Crippen molar-refractivity contribution < 1.29 is 27.6 Å². The summed E-state index contributed by atoms with van der Waals surface area (Å²) in [5.74, 6) is -0.350. The number of piperazine rings is 1. The van der Waals surface area contributed by atoms with Crippen LogP contribution in [-0.4, -0.2) is 63.3 Å². The molecule has 1 heterocycles. The summed E-state index contributed by atoms with van der Waals surface area (Å²) < 4.78 is 45.3. The second kappa shape index (κ2) is 9.98. The van der Waals surface area contributed by atoms with E-state index in [0.717, 1.165) is 10.5 Å². The van der Waals surface area contributed by atoms with E-state index in [-0.39, 0.29) is 12.4 Å². The minimum atomic E-state index is -3.47. The van der Waals surface area contributed by atoms with Gasteiger partial charge < -0.3 is 14.7 Å². The lowest BCUT2D eigenvalue weighted by Crippen LogP contribution is -3.15. The van der Waals surface area contributed by atoms with Crippen molar-refractivity contribution in [2.75, 3.05) is 39.3 Å². The van der Waals surface area contributed by atoms with Crippen LogP contribution in [-0.2, 0) is 10.0 Å². The molecule has 1 atom stereocenters. The van der Waals surface area contributed by atoms with Crippen LogP contribution >= 0.6 is 0 Å². The maximum Gasteiger partial charge on any atom is 0.236 e. The van der Waals surface area contributed by atoms with Crippen LogP contribution < -0.4 is 9.64 Å². The number of halogens is 1. The van der Waals surface area contributed by atoms with Gasteiger partial charge in [0.2, 0.25) is 10.0 Å². The van der Waals surface area contributed by atoms with Crippen LogP contribution in [0.25, 0.3) is 6.08 Å². The molecule has 0 aromatic heterocycles. The van der Waals surface area contributed by atoms with Crippen LogP contribution in [0.5, 0.6) is 5.75 Å². The van der Waals surface area contributed by atoms with Gasteiger partial charge in [0.1, 0.15) is 19.3 Å². The van der Waals surface area contributed by atoms with Crippen molar-refractivity contribution in [3.63, 3.8) is 0 Å². The van der Waals surface area contributed by atoms with Crippen molar-refractivity contribution in [1.29, 1.82) is 0 Å². The van der Waals surface area contributed by atoms with Gasteiger partial charge in [0, 0.05) is 5.41 Å². The first kappa shape index (κ1) is 21.4. The second-order valence-electron chi connectivity index (χ2n) is 7.01. The summed E-state index contributed by atoms with van der Waals surface area (Å²) >= 11 is 0. The highest BCUT2D eigenvalue weighted by molar-refractivity contribution is 7.92. The van der Waals surface area contributed by atoms with Crippen LogP contribution in [0.15, 0.2) is 60.0 Å². The zero-order valence-corrected chi connectivity index (χ0v) is 16.9. The lowest BCUT2D eigenvalue weighted by atomic mass is 10.2. The Morgan fingerprint density at radius 1 is 1.10 bits per heavy atom. The van der Waals surface area contributed by atoms with Crippen LogP contribution in [0.1, 0.15) is 5.56 Å². The zero-order chi connectivity index (χ0) is 20.7. The molecule has 1 fully saturated rings. The Kier molecular flexibility index (Phi) is 7.38. The van der Waals surface area contributed by atoms with Gasteiger partial charge in [0.05, 0.1) is 26.2 Å². The Morgan fingerprint density at radius 2 is 1.76 bits per heavy atom. The molecule has 2 aromatic rings. The van der Waals surface area contributed by atoms with E-state index in [1.54, 1.807) is 18.2 Å². The predicted octanol–water partition coefficient (Wildman–Crippen LogP) is 0.767. The number of aliphatic hydroxyl groups is 1. The third-order valence-corrected chi connectivity index (χ3v) is 6.38. The molecule has 1 aliphatic rings. The molecule has 1 saturated heterocycles. The number of benzene rings is 2. The molecule has 3 rings (SSSR count). The number of nitrogens with one attached hydrogen (secondary N) is 1. The molecule has 0 radical (unpaired) electrons. The normalized spacial score (nSPS) is 17.4. The highest BCUT2D eigenvalue weighted by atomic mass is 32.2.